The van der Waals surface area contributed by atoms with Crippen molar-refractivity contribution in [2.75, 3.05) is 13.2 Å². The molecule has 19 heavy (non-hydrogen) atoms. The molecule has 1 aliphatic heterocycles. The van der Waals surface area contributed by atoms with Crippen molar-refractivity contribution in [1.82, 2.24) is 10.3 Å². The molecule has 1 N–H and O–H groups in total. The highest BCUT2D eigenvalue weighted by atomic mass is 16.5. The SMILES string of the molecule is Cc1ccc2cc(CN[C@@H]3CCCOC3)ccc2n1. The topological polar surface area (TPSA) is 34.1 Å². The molecule has 1 aromatic carbocycles. The molecule has 1 aromatic heterocycles. The lowest BCUT2D eigenvalue weighted by atomic mass is 10.1. The van der Waals surface area contributed by atoms with Crippen LogP contribution in [0, 0.1) is 6.92 Å². The van der Waals surface area contributed by atoms with Crippen LogP contribution in [0.25, 0.3) is 10.9 Å². The lowest BCUT2D eigenvalue weighted by Crippen LogP contribution is -2.36. The van der Waals surface area contributed by atoms with Crippen LogP contribution in [0.5, 0.6) is 0 Å². The molecule has 0 bridgehead atoms. The summed E-state index contributed by atoms with van der Waals surface area (Å²) in [4.78, 5) is 4.53. The van der Waals surface area contributed by atoms with E-state index in [1.54, 1.807) is 0 Å². The Morgan fingerprint density at radius 2 is 2.26 bits per heavy atom. The predicted molar refractivity (Wildman–Crippen MR) is 77.2 cm³/mol. The lowest BCUT2D eigenvalue weighted by molar-refractivity contribution is 0.0699. The normalized spacial score (nSPS) is 19.7. The fourth-order valence-corrected chi connectivity index (χ4v) is 2.55. The summed E-state index contributed by atoms with van der Waals surface area (Å²) in [6, 6.07) is 11.2. The van der Waals surface area contributed by atoms with E-state index in [1.807, 2.05) is 6.92 Å². The average Bonchev–Trinajstić information content (AvgIpc) is 2.46. The Balaban J connectivity index is 1.69. The summed E-state index contributed by atoms with van der Waals surface area (Å²) in [5.41, 5.74) is 3.45. The highest BCUT2D eigenvalue weighted by Gasteiger charge is 2.12. The summed E-state index contributed by atoms with van der Waals surface area (Å²) in [6.07, 6.45) is 2.38. The Hall–Kier alpha value is -1.45. The molecule has 1 saturated heterocycles. The number of hydrogen-bond donors (Lipinski definition) is 1. The van der Waals surface area contributed by atoms with Gasteiger partial charge >= 0.3 is 0 Å². The molecule has 0 aliphatic carbocycles. The van der Waals surface area contributed by atoms with Gasteiger partial charge in [0, 0.05) is 30.3 Å². The molecule has 2 aromatic rings. The Labute approximate surface area is 114 Å². The fraction of sp³-hybridized carbons (Fsp3) is 0.438. The molecule has 1 fully saturated rings. The van der Waals surface area contributed by atoms with Crippen molar-refractivity contribution >= 4 is 10.9 Å². The average molecular weight is 256 g/mol. The molecule has 3 heteroatoms. The van der Waals surface area contributed by atoms with Gasteiger partial charge in [-0.2, -0.15) is 0 Å². The number of rotatable bonds is 3. The zero-order valence-electron chi connectivity index (χ0n) is 11.4. The van der Waals surface area contributed by atoms with Crippen LogP contribution in [-0.4, -0.2) is 24.2 Å². The molecule has 3 rings (SSSR count). The van der Waals surface area contributed by atoms with Crippen LogP contribution in [0.3, 0.4) is 0 Å². The molecule has 0 spiro atoms. The lowest BCUT2D eigenvalue weighted by Gasteiger charge is -2.23. The summed E-state index contributed by atoms with van der Waals surface area (Å²) < 4.78 is 5.48. The first-order valence-electron chi connectivity index (χ1n) is 6.99. The van der Waals surface area contributed by atoms with Crippen molar-refractivity contribution in [2.45, 2.75) is 32.4 Å². The fourth-order valence-electron chi connectivity index (χ4n) is 2.55. The number of aromatic nitrogens is 1. The van der Waals surface area contributed by atoms with E-state index in [0.29, 0.717) is 6.04 Å². The highest BCUT2D eigenvalue weighted by molar-refractivity contribution is 5.79. The van der Waals surface area contributed by atoms with E-state index in [0.717, 1.165) is 31.0 Å². The van der Waals surface area contributed by atoms with Gasteiger partial charge in [-0.05, 0) is 43.5 Å². The number of benzene rings is 1. The van der Waals surface area contributed by atoms with Gasteiger partial charge in [0.05, 0.1) is 12.1 Å². The van der Waals surface area contributed by atoms with Crippen molar-refractivity contribution < 1.29 is 4.74 Å². The Morgan fingerprint density at radius 3 is 3.11 bits per heavy atom. The van der Waals surface area contributed by atoms with E-state index >= 15 is 0 Å². The molecule has 0 amide bonds. The predicted octanol–water partition coefficient (Wildman–Crippen LogP) is 2.81. The molecule has 0 saturated carbocycles. The minimum Gasteiger partial charge on any atom is -0.380 e. The maximum absolute atomic E-state index is 5.48. The molecule has 0 radical (unpaired) electrons. The van der Waals surface area contributed by atoms with Gasteiger partial charge in [-0.1, -0.05) is 12.1 Å². The second kappa shape index (κ2) is 5.68. The summed E-state index contributed by atoms with van der Waals surface area (Å²) in [7, 11) is 0. The minimum absolute atomic E-state index is 0.501. The zero-order valence-corrected chi connectivity index (χ0v) is 11.4. The van der Waals surface area contributed by atoms with Gasteiger partial charge in [0.1, 0.15) is 0 Å². The van der Waals surface area contributed by atoms with E-state index < -0.39 is 0 Å². The smallest absolute Gasteiger partial charge is 0.0705 e. The summed E-state index contributed by atoms with van der Waals surface area (Å²) >= 11 is 0. The molecule has 3 nitrogen and oxygen atoms in total. The number of aryl methyl sites for hydroxylation is 1. The number of nitrogens with zero attached hydrogens (tertiary/aromatic N) is 1. The van der Waals surface area contributed by atoms with Gasteiger partial charge in [-0.3, -0.25) is 4.98 Å². The maximum Gasteiger partial charge on any atom is 0.0705 e. The summed E-state index contributed by atoms with van der Waals surface area (Å²) in [6.45, 7) is 4.68. The van der Waals surface area contributed by atoms with Gasteiger partial charge < -0.3 is 10.1 Å². The molecular weight excluding hydrogens is 236 g/mol. The maximum atomic E-state index is 5.48. The second-order valence-corrected chi connectivity index (χ2v) is 5.27. The van der Waals surface area contributed by atoms with Crippen LogP contribution < -0.4 is 5.32 Å². The first-order chi connectivity index (χ1) is 9.31. The van der Waals surface area contributed by atoms with E-state index in [1.165, 1.54) is 23.8 Å². The molecule has 1 atom stereocenters. The number of pyridine rings is 1. The van der Waals surface area contributed by atoms with Crippen molar-refractivity contribution in [3.8, 4) is 0 Å². The molecule has 1 aliphatic rings. The van der Waals surface area contributed by atoms with Gasteiger partial charge in [-0.25, -0.2) is 0 Å². The van der Waals surface area contributed by atoms with E-state index in [2.05, 4.69) is 40.6 Å². The van der Waals surface area contributed by atoms with Crippen molar-refractivity contribution in [2.24, 2.45) is 0 Å². The molecular formula is C16H20N2O. The number of ether oxygens (including phenoxy) is 1. The monoisotopic (exact) mass is 256 g/mol. The van der Waals surface area contributed by atoms with Crippen molar-refractivity contribution in [3.05, 3.63) is 41.6 Å². The van der Waals surface area contributed by atoms with E-state index in [-0.39, 0.29) is 0 Å². The first kappa shape index (κ1) is 12.6. The van der Waals surface area contributed by atoms with Crippen LogP contribution in [0.15, 0.2) is 30.3 Å². The number of hydrogen-bond acceptors (Lipinski definition) is 3. The summed E-state index contributed by atoms with van der Waals surface area (Å²) in [5, 5.41) is 4.78. The standard InChI is InChI=1S/C16H20N2O/c1-12-4-6-14-9-13(5-7-16(14)18-12)10-17-15-3-2-8-19-11-15/h4-7,9,15,17H,2-3,8,10-11H2,1H3/t15-/m1/s1. The molecule has 0 unspecified atom stereocenters. The Bertz CT molecular complexity index is 562. The Morgan fingerprint density at radius 1 is 1.32 bits per heavy atom. The van der Waals surface area contributed by atoms with E-state index in [4.69, 9.17) is 4.74 Å². The zero-order chi connectivity index (χ0) is 13.1. The second-order valence-electron chi connectivity index (χ2n) is 5.27. The first-order valence-corrected chi connectivity index (χ1v) is 6.99. The van der Waals surface area contributed by atoms with Crippen LogP contribution in [0.4, 0.5) is 0 Å². The van der Waals surface area contributed by atoms with Gasteiger partial charge in [-0.15, -0.1) is 0 Å². The third kappa shape index (κ3) is 3.11. The number of fused-ring (bicyclic) bond motifs is 1. The molecule has 2 heterocycles. The number of nitrogens with one attached hydrogen (secondary N) is 1. The van der Waals surface area contributed by atoms with Gasteiger partial charge in [0.15, 0.2) is 0 Å². The van der Waals surface area contributed by atoms with Gasteiger partial charge in [0.25, 0.3) is 0 Å². The van der Waals surface area contributed by atoms with Crippen molar-refractivity contribution in [1.29, 1.82) is 0 Å². The van der Waals surface area contributed by atoms with E-state index in [9.17, 15) is 0 Å². The summed E-state index contributed by atoms with van der Waals surface area (Å²) in [5.74, 6) is 0. The third-order valence-corrected chi connectivity index (χ3v) is 3.65. The Kier molecular flexibility index (Phi) is 3.76. The minimum atomic E-state index is 0.501. The largest absolute Gasteiger partial charge is 0.380 e. The highest BCUT2D eigenvalue weighted by Crippen LogP contribution is 2.15. The third-order valence-electron chi connectivity index (χ3n) is 3.65. The van der Waals surface area contributed by atoms with Crippen LogP contribution >= 0.6 is 0 Å². The van der Waals surface area contributed by atoms with Crippen LogP contribution in [0.2, 0.25) is 0 Å². The quantitative estimate of drug-likeness (QED) is 0.917. The van der Waals surface area contributed by atoms with Gasteiger partial charge in [0.2, 0.25) is 0 Å². The van der Waals surface area contributed by atoms with Crippen LogP contribution in [0.1, 0.15) is 24.1 Å². The van der Waals surface area contributed by atoms with Crippen LogP contribution in [-0.2, 0) is 11.3 Å². The molecule has 100 valence electrons. The van der Waals surface area contributed by atoms with Crippen molar-refractivity contribution in [3.63, 3.8) is 0 Å².